The van der Waals surface area contributed by atoms with E-state index in [1.165, 1.54) is 43.7 Å². The molecule has 1 heterocycles. The van der Waals surface area contributed by atoms with E-state index in [2.05, 4.69) is 44.4 Å². The Kier molecular flexibility index (Phi) is 4.90. The summed E-state index contributed by atoms with van der Waals surface area (Å²) in [6.07, 6.45) is 5.37. The van der Waals surface area contributed by atoms with Crippen LogP contribution in [-0.2, 0) is 0 Å². The van der Waals surface area contributed by atoms with Crippen LogP contribution < -0.4 is 5.73 Å². The third-order valence-electron chi connectivity index (χ3n) is 4.60. The fourth-order valence-corrected chi connectivity index (χ4v) is 5.06. The highest BCUT2D eigenvalue weighted by atomic mass is 32.2. The average molecular weight is 285 g/mol. The lowest BCUT2D eigenvalue weighted by molar-refractivity contribution is 0.0566. The van der Waals surface area contributed by atoms with Gasteiger partial charge in [0.15, 0.2) is 0 Å². The van der Waals surface area contributed by atoms with Gasteiger partial charge in [0, 0.05) is 23.9 Å². The molecule has 2 nitrogen and oxygen atoms in total. The van der Waals surface area contributed by atoms with Crippen LogP contribution in [0, 0.1) is 11.3 Å². The van der Waals surface area contributed by atoms with E-state index in [-0.39, 0.29) is 5.54 Å². The molecule has 1 aliphatic heterocycles. The van der Waals surface area contributed by atoms with E-state index >= 15 is 0 Å². The van der Waals surface area contributed by atoms with Crippen LogP contribution in [0.3, 0.4) is 0 Å². The van der Waals surface area contributed by atoms with E-state index in [0.717, 1.165) is 18.5 Å². The second-order valence-corrected chi connectivity index (χ2v) is 8.85. The van der Waals surface area contributed by atoms with Crippen LogP contribution in [0.15, 0.2) is 0 Å². The second-order valence-electron chi connectivity index (χ2n) is 7.87. The molecule has 2 fully saturated rings. The van der Waals surface area contributed by atoms with Gasteiger partial charge in [-0.15, -0.1) is 0 Å². The number of rotatable bonds is 6. The molecule has 1 aliphatic carbocycles. The number of thioether (sulfide) groups is 1. The summed E-state index contributed by atoms with van der Waals surface area (Å²) in [5, 5.41) is 0. The van der Waals surface area contributed by atoms with Crippen molar-refractivity contribution in [3.05, 3.63) is 0 Å². The van der Waals surface area contributed by atoms with Gasteiger partial charge < -0.3 is 5.73 Å². The van der Waals surface area contributed by atoms with E-state index in [9.17, 15) is 0 Å². The van der Waals surface area contributed by atoms with Gasteiger partial charge in [0.25, 0.3) is 0 Å². The molecule has 1 atom stereocenters. The topological polar surface area (TPSA) is 29.3 Å². The molecule has 2 aliphatic rings. The van der Waals surface area contributed by atoms with Gasteiger partial charge in [-0.1, -0.05) is 27.7 Å². The summed E-state index contributed by atoms with van der Waals surface area (Å²) in [5.74, 6) is 3.32. The monoisotopic (exact) mass is 284 g/mol. The molecule has 1 saturated heterocycles. The molecule has 3 heteroatoms. The van der Waals surface area contributed by atoms with Gasteiger partial charge in [-0.3, -0.25) is 4.90 Å². The molecule has 0 amide bonds. The summed E-state index contributed by atoms with van der Waals surface area (Å²) in [7, 11) is 0. The Balaban J connectivity index is 2.11. The van der Waals surface area contributed by atoms with Crippen LogP contribution in [0.5, 0.6) is 0 Å². The van der Waals surface area contributed by atoms with Gasteiger partial charge in [-0.25, -0.2) is 0 Å². The first-order valence-corrected chi connectivity index (χ1v) is 9.09. The first kappa shape index (κ1) is 15.7. The predicted octanol–water partition coefficient (Wildman–Crippen LogP) is 3.36. The van der Waals surface area contributed by atoms with E-state index in [4.69, 9.17) is 5.73 Å². The van der Waals surface area contributed by atoms with E-state index in [0.29, 0.717) is 5.41 Å². The molecule has 0 aromatic rings. The van der Waals surface area contributed by atoms with Crippen molar-refractivity contribution < 1.29 is 0 Å². The molecular weight excluding hydrogens is 252 g/mol. The van der Waals surface area contributed by atoms with Gasteiger partial charge >= 0.3 is 0 Å². The Morgan fingerprint density at radius 3 is 2.42 bits per heavy atom. The zero-order valence-electron chi connectivity index (χ0n) is 13.2. The second kappa shape index (κ2) is 5.95. The highest BCUT2D eigenvalue weighted by Crippen LogP contribution is 2.45. The third-order valence-corrected chi connectivity index (χ3v) is 6.32. The summed E-state index contributed by atoms with van der Waals surface area (Å²) in [5.41, 5.74) is 6.98. The lowest BCUT2D eigenvalue weighted by atomic mass is 9.78. The molecule has 0 aromatic heterocycles. The average Bonchev–Trinajstić information content (AvgIpc) is 3.12. The van der Waals surface area contributed by atoms with Gasteiger partial charge in [0.1, 0.15) is 0 Å². The summed E-state index contributed by atoms with van der Waals surface area (Å²) >= 11 is 2.12. The Hall–Kier alpha value is 0.270. The lowest BCUT2D eigenvalue weighted by Gasteiger charge is -2.51. The normalized spacial score (nSPS) is 31.1. The highest BCUT2D eigenvalue weighted by Gasteiger charge is 2.48. The van der Waals surface area contributed by atoms with Crippen molar-refractivity contribution >= 4 is 11.8 Å². The predicted molar refractivity (Wildman–Crippen MR) is 86.7 cm³/mol. The maximum Gasteiger partial charge on any atom is 0.0430 e. The van der Waals surface area contributed by atoms with Crippen molar-refractivity contribution in [1.82, 2.24) is 4.90 Å². The maximum absolute atomic E-state index is 6.28. The van der Waals surface area contributed by atoms with Crippen molar-refractivity contribution in [2.24, 2.45) is 17.1 Å². The number of hydrogen-bond acceptors (Lipinski definition) is 3. The summed E-state index contributed by atoms with van der Waals surface area (Å²) in [4.78, 5) is 2.81. The quantitative estimate of drug-likeness (QED) is 0.811. The molecule has 2 N–H and O–H groups in total. The van der Waals surface area contributed by atoms with Crippen LogP contribution in [-0.4, -0.2) is 41.1 Å². The van der Waals surface area contributed by atoms with Crippen molar-refractivity contribution in [2.75, 3.05) is 24.6 Å². The lowest BCUT2D eigenvalue weighted by Crippen LogP contribution is -2.61. The Labute approximate surface area is 123 Å². The Bertz CT molecular complexity index is 299. The van der Waals surface area contributed by atoms with Crippen LogP contribution >= 0.6 is 11.8 Å². The van der Waals surface area contributed by atoms with E-state index < -0.39 is 0 Å². The van der Waals surface area contributed by atoms with Crippen molar-refractivity contribution in [2.45, 2.75) is 65.0 Å². The first-order valence-electron chi connectivity index (χ1n) is 7.93. The van der Waals surface area contributed by atoms with Gasteiger partial charge in [-0.05, 0) is 49.3 Å². The molecule has 1 saturated carbocycles. The molecule has 1 unspecified atom stereocenters. The molecule has 2 rings (SSSR count). The van der Waals surface area contributed by atoms with Crippen LogP contribution in [0.2, 0.25) is 0 Å². The van der Waals surface area contributed by atoms with Crippen molar-refractivity contribution in [3.8, 4) is 0 Å². The third kappa shape index (κ3) is 3.89. The van der Waals surface area contributed by atoms with Gasteiger partial charge in [0.05, 0.1) is 0 Å². The molecule has 0 bridgehead atoms. The fraction of sp³-hybridized carbons (Fsp3) is 1.00. The van der Waals surface area contributed by atoms with Crippen LogP contribution in [0.25, 0.3) is 0 Å². The van der Waals surface area contributed by atoms with Crippen molar-refractivity contribution in [3.63, 3.8) is 0 Å². The zero-order valence-corrected chi connectivity index (χ0v) is 14.1. The van der Waals surface area contributed by atoms with Gasteiger partial charge in [0.2, 0.25) is 0 Å². The Morgan fingerprint density at radius 1 is 1.26 bits per heavy atom. The minimum absolute atomic E-state index is 0.266. The molecule has 19 heavy (non-hydrogen) atoms. The summed E-state index contributed by atoms with van der Waals surface area (Å²) in [6, 6.07) is 0.830. The highest BCUT2D eigenvalue weighted by molar-refractivity contribution is 7.99. The zero-order chi connectivity index (χ0) is 14.1. The SMILES string of the molecule is CC(C)CCN(C1CC1)C1(CN)CSCC(C)(C)C1. The van der Waals surface area contributed by atoms with E-state index in [1.54, 1.807) is 0 Å². The maximum atomic E-state index is 6.28. The molecule has 0 aromatic carbocycles. The molecule has 0 radical (unpaired) electrons. The Morgan fingerprint density at radius 2 is 1.95 bits per heavy atom. The number of nitrogens with two attached hydrogens (primary N) is 1. The first-order chi connectivity index (χ1) is 8.88. The standard InChI is InChI=1S/C16H32N2S/c1-13(2)7-8-18(14-5-6-14)16(10-17)9-15(3,4)11-19-12-16/h13-14H,5-12,17H2,1-4H3. The largest absolute Gasteiger partial charge is 0.329 e. The molecule has 112 valence electrons. The van der Waals surface area contributed by atoms with Crippen LogP contribution in [0.4, 0.5) is 0 Å². The van der Waals surface area contributed by atoms with Crippen molar-refractivity contribution in [1.29, 1.82) is 0 Å². The molecular formula is C16H32N2S. The summed E-state index contributed by atoms with van der Waals surface area (Å²) in [6.45, 7) is 11.6. The summed E-state index contributed by atoms with van der Waals surface area (Å²) < 4.78 is 0. The van der Waals surface area contributed by atoms with Gasteiger partial charge in [-0.2, -0.15) is 11.8 Å². The number of nitrogens with zero attached hydrogens (tertiary/aromatic N) is 1. The minimum Gasteiger partial charge on any atom is -0.329 e. The molecule has 0 spiro atoms. The minimum atomic E-state index is 0.266. The fourth-order valence-electron chi connectivity index (χ4n) is 3.53. The smallest absolute Gasteiger partial charge is 0.0430 e. The number of hydrogen-bond donors (Lipinski definition) is 1. The van der Waals surface area contributed by atoms with E-state index in [1.807, 2.05) is 0 Å². The van der Waals surface area contributed by atoms with Crippen LogP contribution in [0.1, 0.15) is 53.4 Å².